The molecule has 0 saturated carbocycles. The van der Waals surface area contributed by atoms with Crippen molar-refractivity contribution in [2.24, 2.45) is 0 Å². The summed E-state index contributed by atoms with van der Waals surface area (Å²) in [6, 6.07) is 4.91. The van der Waals surface area contributed by atoms with Crippen LogP contribution in [0, 0.1) is 12.7 Å². The van der Waals surface area contributed by atoms with Crippen LogP contribution in [0.4, 0.5) is 4.39 Å². The van der Waals surface area contributed by atoms with Gasteiger partial charge in [-0.05, 0) is 24.6 Å². The van der Waals surface area contributed by atoms with Crippen molar-refractivity contribution in [1.29, 1.82) is 0 Å². The number of benzene rings is 1. The summed E-state index contributed by atoms with van der Waals surface area (Å²) in [7, 11) is 0. The fraction of sp³-hybridized carbons (Fsp3) is 0.200. The fourth-order valence-electron chi connectivity index (χ4n) is 0.982. The lowest BCUT2D eigenvalue weighted by Crippen LogP contribution is -1.90. The largest absolute Gasteiger partial charge is 0.206 e. The smallest absolute Gasteiger partial charge is 0.130 e. The van der Waals surface area contributed by atoms with Gasteiger partial charge in [0.05, 0.1) is 0 Å². The Balaban J connectivity index is 3.13. The first-order valence-corrected chi connectivity index (χ1v) is 4.19. The Hall–Kier alpha value is -0.820. The second-order valence-electron chi connectivity index (χ2n) is 2.72. The summed E-state index contributed by atoms with van der Waals surface area (Å²) < 4.78 is 13.1. The first-order valence-electron chi connectivity index (χ1n) is 3.65. The molecule has 1 aromatic carbocycles. The minimum absolute atomic E-state index is 0.258. The first-order chi connectivity index (χ1) is 5.65. The van der Waals surface area contributed by atoms with Gasteiger partial charge in [0.15, 0.2) is 0 Å². The molecule has 0 atom stereocenters. The van der Waals surface area contributed by atoms with Gasteiger partial charge in [-0.1, -0.05) is 18.2 Å². The van der Waals surface area contributed by atoms with Gasteiger partial charge in [0.1, 0.15) is 5.82 Å². The molecule has 0 aliphatic carbocycles. The van der Waals surface area contributed by atoms with Crippen molar-refractivity contribution < 1.29 is 4.39 Å². The molecule has 12 heavy (non-hydrogen) atoms. The molecule has 0 unspecified atom stereocenters. The lowest BCUT2D eigenvalue weighted by atomic mass is 10.1. The zero-order chi connectivity index (χ0) is 9.14. The Morgan fingerprint density at radius 2 is 2.25 bits per heavy atom. The van der Waals surface area contributed by atoms with Crippen molar-refractivity contribution in [3.05, 3.63) is 41.7 Å². The lowest BCUT2D eigenvalue weighted by Gasteiger charge is -2.04. The van der Waals surface area contributed by atoms with Crippen LogP contribution in [0.1, 0.15) is 11.1 Å². The zero-order valence-corrected chi connectivity index (χ0v) is 7.66. The van der Waals surface area contributed by atoms with E-state index in [1.165, 1.54) is 6.07 Å². The summed E-state index contributed by atoms with van der Waals surface area (Å²) in [6.45, 7) is 5.58. The Morgan fingerprint density at radius 3 is 2.83 bits per heavy atom. The molecule has 0 nitrogen and oxygen atoms in total. The second kappa shape index (κ2) is 3.72. The number of hydrogen-bond acceptors (Lipinski definition) is 0. The Bertz CT molecular complexity index is 305. The summed E-state index contributed by atoms with van der Waals surface area (Å²) in [4.78, 5) is 0. The Kier molecular flexibility index (Phi) is 2.88. The van der Waals surface area contributed by atoms with Crippen LogP contribution in [0.25, 0.3) is 5.57 Å². The third-order valence-electron chi connectivity index (χ3n) is 1.66. The van der Waals surface area contributed by atoms with Crippen molar-refractivity contribution in [3.8, 4) is 0 Å². The molecule has 0 aliphatic rings. The van der Waals surface area contributed by atoms with E-state index in [2.05, 4.69) is 6.58 Å². The maximum atomic E-state index is 13.1. The molecule has 1 aromatic rings. The molecule has 0 radical (unpaired) electrons. The van der Waals surface area contributed by atoms with Crippen molar-refractivity contribution in [2.45, 2.75) is 6.92 Å². The van der Waals surface area contributed by atoms with Gasteiger partial charge in [-0.3, -0.25) is 0 Å². The standard InChI is InChI=1S/C10H10ClF/c1-7-3-4-10(12)9(5-7)8(2)6-11/h3-5H,2,6H2,1H3. The molecule has 2 heteroatoms. The minimum atomic E-state index is -0.258. The summed E-state index contributed by atoms with van der Waals surface area (Å²) >= 11 is 5.54. The van der Waals surface area contributed by atoms with Gasteiger partial charge >= 0.3 is 0 Å². The van der Waals surface area contributed by atoms with Crippen molar-refractivity contribution in [3.63, 3.8) is 0 Å². The summed E-state index contributed by atoms with van der Waals surface area (Å²) in [6.07, 6.45) is 0. The van der Waals surface area contributed by atoms with Crippen LogP contribution in [0.2, 0.25) is 0 Å². The van der Waals surface area contributed by atoms with E-state index in [1.54, 1.807) is 12.1 Å². The van der Waals surface area contributed by atoms with E-state index < -0.39 is 0 Å². The highest BCUT2D eigenvalue weighted by Gasteiger charge is 2.04. The number of alkyl halides is 1. The van der Waals surface area contributed by atoms with E-state index in [-0.39, 0.29) is 11.7 Å². The Labute approximate surface area is 76.7 Å². The van der Waals surface area contributed by atoms with Gasteiger partial charge in [0.25, 0.3) is 0 Å². The van der Waals surface area contributed by atoms with E-state index in [4.69, 9.17) is 11.6 Å². The number of allylic oxidation sites excluding steroid dienone is 1. The van der Waals surface area contributed by atoms with E-state index in [0.717, 1.165) is 5.56 Å². The highest BCUT2D eigenvalue weighted by atomic mass is 35.5. The predicted molar refractivity (Wildman–Crippen MR) is 50.9 cm³/mol. The minimum Gasteiger partial charge on any atom is -0.206 e. The average molecular weight is 185 g/mol. The van der Waals surface area contributed by atoms with Crippen LogP contribution in [-0.4, -0.2) is 5.88 Å². The van der Waals surface area contributed by atoms with Crippen molar-refractivity contribution >= 4 is 17.2 Å². The first kappa shape index (κ1) is 9.27. The third kappa shape index (κ3) is 1.86. The molecule has 0 aliphatic heterocycles. The molecular formula is C10H10ClF. The normalized spacial score (nSPS) is 9.92. The molecule has 0 aromatic heterocycles. The highest BCUT2D eigenvalue weighted by molar-refractivity contribution is 6.23. The van der Waals surface area contributed by atoms with Crippen LogP contribution >= 0.6 is 11.6 Å². The second-order valence-corrected chi connectivity index (χ2v) is 2.99. The highest BCUT2D eigenvalue weighted by Crippen LogP contribution is 2.18. The lowest BCUT2D eigenvalue weighted by molar-refractivity contribution is 0.623. The molecule has 64 valence electrons. The monoisotopic (exact) mass is 184 g/mol. The fourth-order valence-corrected chi connectivity index (χ4v) is 1.13. The summed E-state index contributed by atoms with van der Waals surface area (Å²) in [5.74, 6) is 0.00616. The van der Waals surface area contributed by atoms with Crippen LogP contribution < -0.4 is 0 Å². The predicted octanol–water partition coefficient (Wildman–Crippen LogP) is 3.39. The molecule has 0 N–H and O–H groups in total. The van der Waals surface area contributed by atoms with E-state index in [1.807, 2.05) is 6.92 Å². The Morgan fingerprint density at radius 1 is 1.58 bits per heavy atom. The SMILES string of the molecule is C=C(CCl)c1cc(C)ccc1F. The molecule has 0 saturated heterocycles. The van der Waals surface area contributed by atoms with Crippen LogP contribution in [-0.2, 0) is 0 Å². The molecule has 0 spiro atoms. The van der Waals surface area contributed by atoms with Crippen molar-refractivity contribution in [2.75, 3.05) is 5.88 Å². The topological polar surface area (TPSA) is 0 Å². The number of aryl methyl sites for hydroxylation is 1. The van der Waals surface area contributed by atoms with Gasteiger partial charge in [-0.2, -0.15) is 0 Å². The molecule has 0 bridgehead atoms. The molecule has 0 heterocycles. The summed E-state index contributed by atoms with van der Waals surface area (Å²) in [5.41, 5.74) is 2.15. The quantitative estimate of drug-likeness (QED) is 0.619. The summed E-state index contributed by atoms with van der Waals surface area (Å²) in [5, 5.41) is 0. The molecule has 0 fully saturated rings. The third-order valence-corrected chi connectivity index (χ3v) is 1.99. The van der Waals surface area contributed by atoms with Gasteiger partial charge in [-0.15, -0.1) is 11.6 Å². The van der Waals surface area contributed by atoms with Crippen LogP contribution in [0.5, 0.6) is 0 Å². The number of halogens is 2. The van der Waals surface area contributed by atoms with E-state index >= 15 is 0 Å². The molecular weight excluding hydrogens is 175 g/mol. The van der Waals surface area contributed by atoms with Gasteiger partial charge in [0.2, 0.25) is 0 Å². The van der Waals surface area contributed by atoms with E-state index in [0.29, 0.717) is 11.1 Å². The molecule has 1 rings (SSSR count). The van der Waals surface area contributed by atoms with E-state index in [9.17, 15) is 4.39 Å². The van der Waals surface area contributed by atoms with Crippen LogP contribution in [0.3, 0.4) is 0 Å². The maximum Gasteiger partial charge on any atom is 0.130 e. The molecule has 0 amide bonds. The zero-order valence-electron chi connectivity index (χ0n) is 6.90. The van der Waals surface area contributed by atoms with Gasteiger partial charge in [0, 0.05) is 11.4 Å². The average Bonchev–Trinajstić information content (AvgIpc) is 2.08. The van der Waals surface area contributed by atoms with Crippen LogP contribution in [0.15, 0.2) is 24.8 Å². The van der Waals surface area contributed by atoms with Gasteiger partial charge in [-0.25, -0.2) is 4.39 Å². The van der Waals surface area contributed by atoms with Crippen molar-refractivity contribution in [1.82, 2.24) is 0 Å². The number of hydrogen-bond donors (Lipinski definition) is 0. The van der Waals surface area contributed by atoms with Gasteiger partial charge < -0.3 is 0 Å². The maximum absolute atomic E-state index is 13.1. The number of rotatable bonds is 2.